The summed E-state index contributed by atoms with van der Waals surface area (Å²) in [6.07, 6.45) is 7.33. The summed E-state index contributed by atoms with van der Waals surface area (Å²) in [5.41, 5.74) is 3.78. The molecule has 0 unspecified atom stereocenters. The zero-order valence-corrected chi connectivity index (χ0v) is 9.35. The van der Waals surface area contributed by atoms with E-state index in [4.69, 9.17) is 0 Å². The number of rotatable bonds is 0. The highest BCUT2D eigenvalue weighted by Crippen LogP contribution is 2.28. The number of aryl methyl sites for hydroxylation is 2. The molecule has 0 atom stereocenters. The number of fused-ring (bicyclic) bond motifs is 3. The highest BCUT2D eigenvalue weighted by molar-refractivity contribution is 5.84. The highest BCUT2D eigenvalue weighted by atomic mass is 19.1. The first-order valence-corrected chi connectivity index (χ1v) is 6.13. The van der Waals surface area contributed by atoms with Gasteiger partial charge in [0.05, 0.1) is 0 Å². The second-order valence-corrected chi connectivity index (χ2v) is 4.69. The second-order valence-electron chi connectivity index (χ2n) is 4.69. The summed E-state index contributed by atoms with van der Waals surface area (Å²) in [5, 5.41) is 1.09. The number of benzene rings is 1. The van der Waals surface area contributed by atoms with Gasteiger partial charge in [0.2, 0.25) is 0 Å². The van der Waals surface area contributed by atoms with Crippen molar-refractivity contribution in [2.75, 3.05) is 0 Å². The number of halogens is 1. The Kier molecular flexibility index (Phi) is 2.43. The van der Waals surface area contributed by atoms with E-state index in [0.717, 1.165) is 23.7 Å². The molecule has 1 N–H and O–H groups in total. The predicted octanol–water partition coefficient (Wildman–Crippen LogP) is 3.97. The van der Waals surface area contributed by atoms with Crippen LogP contribution in [0, 0.1) is 5.82 Å². The summed E-state index contributed by atoms with van der Waals surface area (Å²) < 4.78 is 13.3. The van der Waals surface area contributed by atoms with Crippen LogP contribution < -0.4 is 0 Å². The van der Waals surface area contributed by atoms with Crippen LogP contribution in [-0.4, -0.2) is 4.98 Å². The molecule has 0 bridgehead atoms. The summed E-state index contributed by atoms with van der Waals surface area (Å²) in [5.74, 6) is -0.128. The minimum atomic E-state index is -0.128. The van der Waals surface area contributed by atoms with Crippen LogP contribution >= 0.6 is 0 Å². The highest BCUT2D eigenvalue weighted by Gasteiger charge is 2.13. The molecule has 1 nitrogen and oxygen atoms in total. The van der Waals surface area contributed by atoms with Crippen LogP contribution in [0.4, 0.5) is 4.39 Å². The molecule has 0 aliphatic heterocycles. The van der Waals surface area contributed by atoms with Crippen LogP contribution in [0.15, 0.2) is 18.2 Å². The zero-order valence-electron chi connectivity index (χ0n) is 9.35. The van der Waals surface area contributed by atoms with Gasteiger partial charge >= 0.3 is 0 Å². The zero-order chi connectivity index (χ0) is 11.0. The van der Waals surface area contributed by atoms with Gasteiger partial charge in [-0.15, -0.1) is 0 Å². The molecule has 84 valence electrons. The van der Waals surface area contributed by atoms with E-state index in [2.05, 4.69) is 4.98 Å². The third kappa shape index (κ3) is 1.62. The summed E-state index contributed by atoms with van der Waals surface area (Å²) in [4.78, 5) is 3.44. The predicted molar refractivity (Wildman–Crippen MR) is 64.1 cm³/mol. The van der Waals surface area contributed by atoms with Gasteiger partial charge < -0.3 is 4.98 Å². The third-order valence-electron chi connectivity index (χ3n) is 3.56. The maximum absolute atomic E-state index is 13.3. The molecular formula is C14H16FN. The molecule has 16 heavy (non-hydrogen) atoms. The Bertz CT molecular complexity index is 513. The van der Waals surface area contributed by atoms with E-state index in [-0.39, 0.29) is 5.82 Å². The first kappa shape index (κ1) is 9.88. The van der Waals surface area contributed by atoms with Crippen LogP contribution in [0.1, 0.15) is 36.9 Å². The van der Waals surface area contributed by atoms with Gasteiger partial charge in [0.25, 0.3) is 0 Å². The van der Waals surface area contributed by atoms with Crippen LogP contribution in [0.5, 0.6) is 0 Å². The van der Waals surface area contributed by atoms with Crippen molar-refractivity contribution < 1.29 is 4.39 Å². The Labute approximate surface area is 94.7 Å². The fraction of sp³-hybridized carbons (Fsp3) is 0.429. The van der Waals surface area contributed by atoms with E-state index in [9.17, 15) is 4.39 Å². The average Bonchev–Trinajstić information content (AvgIpc) is 2.55. The van der Waals surface area contributed by atoms with Crippen molar-refractivity contribution in [3.8, 4) is 0 Å². The fourth-order valence-corrected chi connectivity index (χ4v) is 2.73. The average molecular weight is 217 g/mol. The third-order valence-corrected chi connectivity index (χ3v) is 3.56. The fourth-order valence-electron chi connectivity index (χ4n) is 2.73. The van der Waals surface area contributed by atoms with Gasteiger partial charge in [-0.05, 0) is 49.4 Å². The lowest BCUT2D eigenvalue weighted by Crippen LogP contribution is -1.97. The van der Waals surface area contributed by atoms with Gasteiger partial charge in [0.1, 0.15) is 5.82 Å². The molecule has 0 saturated carbocycles. The van der Waals surface area contributed by atoms with Crippen molar-refractivity contribution in [2.24, 2.45) is 0 Å². The Morgan fingerprint density at radius 2 is 1.81 bits per heavy atom. The van der Waals surface area contributed by atoms with Crippen molar-refractivity contribution in [1.29, 1.82) is 0 Å². The molecular weight excluding hydrogens is 201 g/mol. The Hall–Kier alpha value is -1.31. The lowest BCUT2D eigenvalue weighted by atomic mass is 9.97. The van der Waals surface area contributed by atoms with Gasteiger partial charge in [0.15, 0.2) is 0 Å². The standard InChI is InChI=1S/C14H16FN/c15-10-7-8-14-12(9-10)11-5-3-1-2-4-6-13(11)16-14/h7-9,16H,1-6H2. The minimum absolute atomic E-state index is 0.128. The Balaban J connectivity index is 2.17. The molecule has 0 amide bonds. The molecule has 1 heterocycles. The number of H-pyrrole nitrogens is 1. The van der Waals surface area contributed by atoms with Crippen molar-refractivity contribution in [2.45, 2.75) is 38.5 Å². The smallest absolute Gasteiger partial charge is 0.123 e. The largest absolute Gasteiger partial charge is 0.358 e. The van der Waals surface area contributed by atoms with Gasteiger partial charge in [-0.3, -0.25) is 0 Å². The van der Waals surface area contributed by atoms with Crippen molar-refractivity contribution in [3.63, 3.8) is 0 Å². The normalized spacial score (nSPS) is 16.8. The van der Waals surface area contributed by atoms with Crippen molar-refractivity contribution in [3.05, 3.63) is 35.3 Å². The Morgan fingerprint density at radius 3 is 2.69 bits per heavy atom. The lowest BCUT2D eigenvalue weighted by Gasteiger charge is -2.09. The molecule has 0 fully saturated rings. The van der Waals surface area contributed by atoms with Gasteiger partial charge in [-0.1, -0.05) is 12.8 Å². The summed E-state index contributed by atoms with van der Waals surface area (Å²) in [6.45, 7) is 0. The molecule has 1 aromatic heterocycles. The van der Waals surface area contributed by atoms with Crippen LogP contribution in [0.25, 0.3) is 10.9 Å². The molecule has 2 heteroatoms. The van der Waals surface area contributed by atoms with E-state index in [1.807, 2.05) is 6.07 Å². The van der Waals surface area contributed by atoms with E-state index in [0.29, 0.717) is 0 Å². The van der Waals surface area contributed by atoms with Crippen LogP contribution in [-0.2, 0) is 12.8 Å². The number of aromatic nitrogens is 1. The second kappa shape index (κ2) is 3.93. The quantitative estimate of drug-likeness (QED) is 0.687. The van der Waals surface area contributed by atoms with E-state index >= 15 is 0 Å². The van der Waals surface area contributed by atoms with Crippen LogP contribution in [0.3, 0.4) is 0 Å². The maximum atomic E-state index is 13.3. The molecule has 0 spiro atoms. The Morgan fingerprint density at radius 1 is 1.00 bits per heavy atom. The molecule has 0 radical (unpaired) electrons. The number of hydrogen-bond donors (Lipinski definition) is 1. The van der Waals surface area contributed by atoms with E-state index in [1.165, 1.54) is 43.0 Å². The van der Waals surface area contributed by atoms with Gasteiger partial charge in [0, 0.05) is 16.6 Å². The first-order valence-electron chi connectivity index (χ1n) is 6.13. The van der Waals surface area contributed by atoms with Crippen molar-refractivity contribution in [1.82, 2.24) is 4.98 Å². The van der Waals surface area contributed by atoms with Gasteiger partial charge in [-0.25, -0.2) is 4.39 Å². The topological polar surface area (TPSA) is 15.8 Å². The van der Waals surface area contributed by atoms with Gasteiger partial charge in [-0.2, -0.15) is 0 Å². The SMILES string of the molecule is Fc1ccc2[nH]c3c(c2c1)CCCCCC3. The minimum Gasteiger partial charge on any atom is -0.358 e. The van der Waals surface area contributed by atoms with Crippen molar-refractivity contribution >= 4 is 10.9 Å². The van der Waals surface area contributed by atoms with Crippen LogP contribution in [0.2, 0.25) is 0 Å². The lowest BCUT2D eigenvalue weighted by molar-refractivity contribution is 0.614. The van der Waals surface area contributed by atoms with E-state index in [1.54, 1.807) is 6.07 Å². The molecule has 1 aliphatic rings. The number of nitrogens with one attached hydrogen (secondary N) is 1. The summed E-state index contributed by atoms with van der Waals surface area (Å²) in [6, 6.07) is 5.06. The van der Waals surface area contributed by atoms with E-state index < -0.39 is 0 Å². The summed E-state index contributed by atoms with van der Waals surface area (Å²) >= 11 is 0. The summed E-state index contributed by atoms with van der Waals surface area (Å²) in [7, 11) is 0. The maximum Gasteiger partial charge on any atom is 0.123 e. The number of hydrogen-bond acceptors (Lipinski definition) is 0. The first-order chi connectivity index (χ1) is 7.84. The molecule has 1 aromatic carbocycles. The molecule has 3 rings (SSSR count). The number of aromatic amines is 1. The monoisotopic (exact) mass is 217 g/mol. The molecule has 0 saturated heterocycles. The molecule has 2 aromatic rings. The molecule has 1 aliphatic carbocycles.